The van der Waals surface area contributed by atoms with Crippen LogP contribution < -0.4 is 20.1 Å². The van der Waals surface area contributed by atoms with Crippen molar-refractivity contribution in [3.8, 4) is 11.5 Å². The molecule has 0 fully saturated rings. The van der Waals surface area contributed by atoms with Crippen molar-refractivity contribution < 1.29 is 14.3 Å². The maximum absolute atomic E-state index is 11.9. The van der Waals surface area contributed by atoms with Gasteiger partial charge in [-0.3, -0.25) is 0 Å². The van der Waals surface area contributed by atoms with Crippen molar-refractivity contribution in [3.05, 3.63) is 59.7 Å². The lowest BCUT2D eigenvalue weighted by molar-refractivity contribution is 0.240. The second kappa shape index (κ2) is 9.45. The van der Waals surface area contributed by atoms with Crippen molar-refractivity contribution in [2.24, 2.45) is 0 Å². The molecule has 2 aromatic rings. The molecule has 24 heavy (non-hydrogen) atoms. The first-order chi connectivity index (χ1) is 11.7. The van der Waals surface area contributed by atoms with E-state index in [9.17, 15) is 4.79 Å². The first-order valence-corrected chi connectivity index (χ1v) is 8.16. The Balaban J connectivity index is 1.72. The van der Waals surface area contributed by atoms with E-state index in [0.29, 0.717) is 26.3 Å². The van der Waals surface area contributed by atoms with E-state index in [0.717, 1.165) is 22.6 Å². The second-order valence-corrected chi connectivity index (χ2v) is 5.19. The molecule has 0 saturated carbocycles. The zero-order valence-corrected chi connectivity index (χ0v) is 14.2. The van der Waals surface area contributed by atoms with Crippen molar-refractivity contribution in [1.29, 1.82) is 0 Å². The lowest BCUT2D eigenvalue weighted by atomic mass is 10.2. The molecule has 128 valence electrons. The van der Waals surface area contributed by atoms with Gasteiger partial charge in [0.25, 0.3) is 0 Å². The summed E-state index contributed by atoms with van der Waals surface area (Å²) < 4.78 is 10.8. The molecule has 0 saturated heterocycles. The van der Waals surface area contributed by atoms with Crippen molar-refractivity contribution in [2.75, 3.05) is 13.2 Å². The van der Waals surface area contributed by atoms with Gasteiger partial charge in [0, 0.05) is 13.1 Å². The summed E-state index contributed by atoms with van der Waals surface area (Å²) in [4.78, 5) is 11.9. The fourth-order valence-electron chi connectivity index (χ4n) is 2.17. The number of carbonyl (C=O) groups excluding carboxylic acids is 1. The van der Waals surface area contributed by atoms with Crippen LogP contribution in [-0.2, 0) is 13.1 Å². The predicted octanol–water partition coefficient (Wildman–Crippen LogP) is 3.48. The molecular formula is C19H24N2O3. The number of amides is 2. The van der Waals surface area contributed by atoms with Gasteiger partial charge in [0.2, 0.25) is 0 Å². The summed E-state index contributed by atoms with van der Waals surface area (Å²) in [5.74, 6) is 1.67. The lowest BCUT2D eigenvalue weighted by Crippen LogP contribution is -2.34. The SMILES string of the molecule is CCOc1ccc(CNC(=O)NCc2ccc(OCC)cc2)cc1. The van der Waals surface area contributed by atoms with E-state index >= 15 is 0 Å². The normalized spacial score (nSPS) is 10.1. The highest BCUT2D eigenvalue weighted by atomic mass is 16.5. The largest absolute Gasteiger partial charge is 0.494 e. The van der Waals surface area contributed by atoms with Crippen LogP contribution in [0.15, 0.2) is 48.5 Å². The molecule has 2 N–H and O–H groups in total. The van der Waals surface area contributed by atoms with E-state index in [-0.39, 0.29) is 6.03 Å². The average Bonchev–Trinajstić information content (AvgIpc) is 2.61. The third-order valence-electron chi connectivity index (χ3n) is 3.37. The molecule has 2 amide bonds. The standard InChI is InChI=1S/C19H24N2O3/c1-3-23-17-9-5-15(6-10-17)13-20-19(22)21-14-16-7-11-18(12-8-16)24-4-2/h5-12H,3-4,13-14H2,1-2H3,(H2,20,21,22). The minimum atomic E-state index is -0.197. The summed E-state index contributed by atoms with van der Waals surface area (Å²) in [5.41, 5.74) is 2.05. The van der Waals surface area contributed by atoms with Gasteiger partial charge in [0.15, 0.2) is 0 Å². The molecule has 2 rings (SSSR count). The Morgan fingerprint density at radius 3 is 1.46 bits per heavy atom. The number of benzene rings is 2. The Hall–Kier alpha value is -2.69. The van der Waals surface area contributed by atoms with Gasteiger partial charge in [-0.05, 0) is 49.2 Å². The molecule has 0 aliphatic carbocycles. The highest BCUT2D eigenvalue weighted by Crippen LogP contribution is 2.12. The van der Waals surface area contributed by atoms with Crippen LogP contribution in [0.2, 0.25) is 0 Å². The number of hydrogen-bond donors (Lipinski definition) is 2. The van der Waals surface area contributed by atoms with Crippen molar-refractivity contribution in [3.63, 3.8) is 0 Å². The molecule has 0 spiro atoms. The van der Waals surface area contributed by atoms with Crippen LogP contribution in [0.3, 0.4) is 0 Å². The molecule has 0 bridgehead atoms. The minimum absolute atomic E-state index is 0.197. The van der Waals surface area contributed by atoms with Gasteiger partial charge in [-0.2, -0.15) is 0 Å². The second-order valence-electron chi connectivity index (χ2n) is 5.19. The molecule has 0 heterocycles. The molecule has 0 aliphatic rings. The molecule has 0 aliphatic heterocycles. The van der Waals surface area contributed by atoms with Gasteiger partial charge in [-0.15, -0.1) is 0 Å². The highest BCUT2D eigenvalue weighted by Gasteiger charge is 2.02. The van der Waals surface area contributed by atoms with Crippen LogP contribution in [-0.4, -0.2) is 19.2 Å². The van der Waals surface area contributed by atoms with Gasteiger partial charge < -0.3 is 20.1 Å². The van der Waals surface area contributed by atoms with Gasteiger partial charge >= 0.3 is 6.03 Å². The Labute approximate surface area is 143 Å². The summed E-state index contributed by atoms with van der Waals surface area (Å²) in [6.45, 7) is 6.13. The number of carbonyl (C=O) groups is 1. The number of nitrogens with one attached hydrogen (secondary N) is 2. The van der Waals surface area contributed by atoms with Crippen LogP contribution in [0.5, 0.6) is 11.5 Å². The van der Waals surface area contributed by atoms with Crippen molar-refractivity contribution in [1.82, 2.24) is 10.6 Å². The Bertz CT molecular complexity index is 569. The van der Waals surface area contributed by atoms with Crippen LogP contribution in [0, 0.1) is 0 Å². The van der Waals surface area contributed by atoms with E-state index in [1.165, 1.54) is 0 Å². The summed E-state index contributed by atoms with van der Waals surface area (Å²) >= 11 is 0. The van der Waals surface area contributed by atoms with Gasteiger partial charge in [0.1, 0.15) is 11.5 Å². The number of hydrogen-bond acceptors (Lipinski definition) is 3. The molecular weight excluding hydrogens is 304 g/mol. The Kier molecular flexibility index (Phi) is 6.95. The maximum atomic E-state index is 11.9. The number of urea groups is 1. The zero-order valence-electron chi connectivity index (χ0n) is 14.2. The van der Waals surface area contributed by atoms with E-state index in [4.69, 9.17) is 9.47 Å². The van der Waals surface area contributed by atoms with E-state index in [2.05, 4.69) is 10.6 Å². The number of rotatable bonds is 8. The average molecular weight is 328 g/mol. The first kappa shape index (κ1) is 17.7. The summed E-state index contributed by atoms with van der Waals surface area (Å²) in [6.07, 6.45) is 0. The Morgan fingerprint density at radius 1 is 0.750 bits per heavy atom. The van der Waals surface area contributed by atoms with E-state index < -0.39 is 0 Å². The fourth-order valence-corrected chi connectivity index (χ4v) is 2.17. The smallest absolute Gasteiger partial charge is 0.315 e. The maximum Gasteiger partial charge on any atom is 0.315 e. The molecule has 5 heteroatoms. The van der Waals surface area contributed by atoms with Crippen LogP contribution in [0.4, 0.5) is 4.79 Å². The summed E-state index contributed by atoms with van der Waals surface area (Å²) in [5, 5.41) is 5.67. The first-order valence-electron chi connectivity index (χ1n) is 8.16. The van der Waals surface area contributed by atoms with Crippen LogP contribution in [0.1, 0.15) is 25.0 Å². The third-order valence-corrected chi connectivity index (χ3v) is 3.37. The molecule has 0 atom stereocenters. The third kappa shape index (κ3) is 5.83. The molecule has 0 unspecified atom stereocenters. The van der Waals surface area contributed by atoms with Crippen molar-refractivity contribution >= 4 is 6.03 Å². The van der Waals surface area contributed by atoms with Gasteiger partial charge in [0.05, 0.1) is 13.2 Å². The summed E-state index contributed by atoms with van der Waals surface area (Å²) in [7, 11) is 0. The molecule has 0 radical (unpaired) electrons. The zero-order chi connectivity index (χ0) is 17.2. The molecule has 2 aromatic carbocycles. The minimum Gasteiger partial charge on any atom is -0.494 e. The van der Waals surface area contributed by atoms with Gasteiger partial charge in [-0.25, -0.2) is 4.79 Å². The topological polar surface area (TPSA) is 59.6 Å². The molecule has 5 nitrogen and oxygen atoms in total. The van der Waals surface area contributed by atoms with Crippen molar-refractivity contribution in [2.45, 2.75) is 26.9 Å². The lowest BCUT2D eigenvalue weighted by Gasteiger charge is -2.09. The number of ether oxygens (including phenoxy) is 2. The van der Waals surface area contributed by atoms with E-state index in [1.54, 1.807) is 0 Å². The monoisotopic (exact) mass is 328 g/mol. The summed E-state index contributed by atoms with van der Waals surface area (Å²) in [6, 6.07) is 15.2. The Morgan fingerprint density at radius 2 is 1.12 bits per heavy atom. The van der Waals surface area contributed by atoms with Crippen LogP contribution in [0.25, 0.3) is 0 Å². The van der Waals surface area contributed by atoms with Gasteiger partial charge in [-0.1, -0.05) is 24.3 Å². The quantitative estimate of drug-likeness (QED) is 0.780. The molecule has 0 aromatic heterocycles. The fraction of sp³-hybridized carbons (Fsp3) is 0.316. The predicted molar refractivity (Wildman–Crippen MR) is 94.3 cm³/mol. The van der Waals surface area contributed by atoms with E-state index in [1.807, 2.05) is 62.4 Å². The highest BCUT2D eigenvalue weighted by molar-refractivity contribution is 5.73. The van der Waals surface area contributed by atoms with Crippen LogP contribution >= 0.6 is 0 Å².